The molecule has 14 heteroatoms. The summed E-state index contributed by atoms with van der Waals surface area (Å²) in [6.45, 7) is 0. The maximum atomic E-state index is 13.5. The lowest BCUT2D eigenvalue weighted by molar-refractivity contribution is -0.436. The van der Waals surface area contributed by atoms with Gasteiger partial charge >= 0.3 is 35.8 Å². The molecule has 0 fully saturated rings. The highest BCUT2D eigenvalue weighted by Crippen LogP contribution is 2.60. The van der Waals surface area contributed by atoms with Gasteiger partial charge in [0.1, 0.15) is 0 Å². The van der Waals surface area contributed by atoms with E-state index in [2.05, 4.69) is 15.9 Å². The summed E-state index contributed by atoms with van der Waals surface area (Å²) in [6, 6.07) is 4.34. The van der Waals surface area contributed by atoms with Crippen molar-refractivity contribution in [1.82, 2.24) is 0 Å². The molecule has 0 spiro atoms. The molecule has 0 N–H and O–H groups in total. The Morgan fingerprint density at radius 2 is 0.964 bits per heavy atom. The van der Waals surface area contributed by atoms with E-state index in [9.17, 15) is 57.1 Å². The average molecular weight is 501 g/mol. The fraction of sp³-hybridized carbons (Fsp3) is 0.429. The van der Waals surface area contributed by atoms with Crippen molar-refractivity contribution in [2.45, 2.75) is 35.8 Å². The molecule has 28 heavy (non-hydrogen) atoms. The fourth-order valence-corrected chi connectivity index (χ4v) is 1.93. The molecule has 0 aliphatic rings. The van der Waals surface area contributed by atoms with Crippen molar-refractivity contribution in [1.29, 1.82) is 0 Å². The zero-order chi connectivity index (χ0) is 22.4. The van der Waals surface area contributed by atoms with Gasteiger partial charge in [-0.15, -0.1) is 0 Å². The normalized spacial score (nSPS) is 15.4. The predicted molar refractivity (Wildman–Crippen MR) is 74.0 cm³/mol. The molecule has 0 unspecified atom stereocenters. The lowest BCUT2D eigenvalue weighted by Crippen LogP contribution is -2.69. The predicted octanol–water partition coefficient (Wildman–Crippen LogP) is 7.20. The second-order valence-electron chi connectivity index (χ2n) is 5.30. The lowest BCUT2D eigenvalue weighted by atomic mass is 9.93. The number of alkyl halides is 13. The van der Waals surface area contributed by atoms with E-state index in [0.717, 1.165) is 12.1 Å². The van der Waals surface area contributed by atoms with Gasteiger partial charge in [0, 0.05) is 4.47 Å². The van der Waals surface area contributed by atoms with Crippen LogP contribution in [0.5, 0.6) is 0 Å². The third kappa shape index (κ3) is 3.83. The van der Waals surface area contributed by atoms with Crippen LogP contribution < -0.4 is 0 Å². The second-order valence-corrected chi connectivity index (χ2v) is 6.22. The number of halogens is 14. The van der Waals surface area contributed by atoms with Crippen molar-refractivity contribution in [2.75, 3.05) is 0 Å². The van der Waals surface area contributed by atoms with E-state index in [1.54, 1.807) is 0 Å². The van der Waals surface area contributed by atoms with Gasteiger partial charge in [-0.05, 0) is 23.8 Å². The summed E-state index contributed by atoms with van der Waals surface area (Å²) in [5.74, 6) is -36.9. The number of rotatable bonds is 6. The second kappa shape index (κ2) is 7.10. The molecular weight excluding hydrogens is 495 g/mol. The average Bonchev–Trinajstić information content (AvgIpc) is 2.52. The monoisotopic (exact) mass is 500 g/mol. The minimum absolute atomic E-state index is 0.0659. The summed E-state index contributed by atoms with van der Waals surface area (Å²) >= 11 is 2.91. The van der Waals surface area contributed by atoms with Crippen molar-refractivity contribution in [2.24, 2.45) is 0 Å². The maximum Gasteiger partial charge on any atom is 0.460 e. The number of hydrogen-bond acceptors (Lipinski definition) is 0. The zero-order valence-corrected chi connectivity index (χ0v) is 14.3. The van der Waals surface area contributed by atoms with Crippen LogP contribution in [-0.4, -0.2) is 35.8 Å². The topological polar surface area (TPSA) is 0 Å². The van der Waals surface area contributed by atoms with Crippen LogP contribution in [-0.2, 0) is 0 Å². The van der Waals surface area contributed by atoms with Gasteiger partial charge in [-0.25, -0.2) is 0 Å². The van der Waals surface area contributed by atoms with Gasteiger partial charge in [0.25, 0.3) is 0 Å². The summed E-state index contributed by atoms with van der Waals surface area (Å²) in [7, 11) is 0. The van der Waals surface area contributed by atoms with E-state index in [4.69, 9.17) is 0 Å². The number of allylic oxidation sites excluding steroid dienone is 1. The van der Waals surface area contributed by atoms with Gasteiger partial charge in [-0.2, -0.15) is 57.1 Å². The third-order valence-electron chi connectivity index (χ3n) is 3.31. The Balaban J connectivity index is 3.38. The Bertz CT molecular complexity index is 716. The van der Waals surface area contributed by atoms with Crippen LogP contribution in [0.25, 0.3) is 6.08 Å². The van der Waals surface area contributed by atoms with Gasteiger partial charge in [0.2, 0.25) is 0 Å². The largest absolute Gasteiger partial charge is 0.460 e. The maximum absolute atomic E-state index is 13.5. The minimum Gasteiger partial charge on any atom is -0.195 e. The first-order valence-electron chi connectivity index (χ1n) is 6.63. The molecule has 1 aromatic carbocycles. The van der Waals surface area contributed by atoms with Crippen LogP contribution >= 0.6 is 15.9 Å². The molecule has 1 rings (SSSR count). The highest BCUT2D eigenvalue weighted by atomic mass is 79.9. The smallest absolute Gasteiger partial charge is 0.195 e. The molecule has 0 saturated carbocycles. The molecule has 160 valence electrons. The Labute approximate surface area is 156 Å². The van der Waals surface area contributed by atoms with Crippen LogP contribution in [0.2, 0.25) is 0 Å². The molecule has 0 amide bonds. The minimum atomic E-state index is -7.89. The standard InChI is InChI=1S/C14H6BrF13/c15-8-3-1-7(2-4-8)5-6-9(16,17)10(18,19)11(20,21)12(22,23)13(24,25)14(26,27)28/h1-6H/b6-5+. The van der Waals surface area contributed by atoms with Crippen molar-refractivity contribution >= 4 is 22.0 Å². The molecule has 0 aromatic heterocycles. The van der Waals surface area contributed by atoms with Crippen LogP contribution in [0.4, 0.5) is 57.1 Å². The van der Waals surface area contributed by atoms with Crippen LogP contribution in [0.1, 0.15) is 5.56 Å². The Hall–Kier alpha value is -1.47. The Kier molecular flexibility index (Phi) is 6.23. The molecular formula is C14H6BrF13. The van der Waals surface area contributed by atoms with Gasteiger partial charge in [-0.3, -0.25) is 0 Å². The van der Waals surface area contributed by atoms with E-state index < -0.39 is 41.9 Å². The molecule has 0 radical (unpaired) electrons. The fourth-order valence-electron chi connectivity index (χ4n) is 1.66. The Morgan fingerprint density at radius 1 is 0.571 bits per heavy atom. The lowest BCUT2D eigenvalue weighted by Gasteiger charge is -2.39. The zero-order valence-electron chi connectivity index (χ0n) is 12.8. The summed E-state index contributed by atoms with van der Waals surface area (Å²) in [6.07, 6.45) is -8.36. The van der Waals surface area contributed by atoms with Crippen LogP contribution in [0.3, 0.4) is 0 Å². The first kappa shape index (κ1) is 24.6. The Morgan fingerprint density at radius 3 is 1.36 bits per heavy atom. The summed E-state index contributed by atoms with van der Waals surface area (Å²) in [5.41, 5.74) is -0.325. The van der Waals surface area contributed by atoms with Gasteiger partial charge in [0.05, 0.1) is 0 Å². The molecule has 0 atom stereocenters. The summed E-state index contributed by atoms with van der Waals surface area (Å²) in [5, 5.41) is 0. The third-order valence-corrected chi connectivity index (χ3v) is 3.84. The van der Waals surface area contributed by atoms with E-state index in [0.29, 0.717) is 4.47 Å². The number of hydrogen-bond donors (Lipinski definition) is 0. The van der Waals surface area contributed by atoms with E-state index in [1.807, 2.05) is 0 Å². The first-order valence-corrected chi connectivity index (χ1v) is 7.42. The summed E-state index contributed by atoms with van der Waals surface area (Å²) in [4.78, 5) is 0. The highest BCUT2D eigenvalue weighted by Gasteiger charge is 2.90. The van der Waals surface area contributed by atoms with Crippen molar-refractivity contribution in [3.8, 4) is 0 Å². The molecule has 0 aliphatic carbocycles. The van der Waals surface area contributed by atoms with Crippen molar-refractivity contribution in [3.05, 3.63) is 40.4 Å². The van der Waals surface area contributed by atoms with Crippen molar-refractivity contribution in [3.63, 3.8) is 0 Å². The molecule has 1 aromatic rings. The van der Waals surface area contributed by atoms with Gasteiger partial charge in [0.15, 0.2) is 0 Å². The molecule has 0 saturated heterocycles. The SMILES string of the molecule is FC(F)(F)C(F)(F)C(F)(F)C(F)(F)C(F)(F)C(F)(F)/C=C/c1ccc(Br)cc1. The van der Waals surface area contributed by atoms with E-state index in [-0.39, 0.29) is 11.6 Å². The first-order chi connectivity index (χ1) is 12.2. The van der Waals surface area contributed by atoms with E-state index >= 15 is 0 Å². The molecule has 0 heterocycles. The van der Waals surface area contributed by atoms with Crippen LogP contribution in [0, 0.1) is 0 Å². The summed E-state index contributed by atoms with van der Waals surface area (Å²) < 4.78 is 168. The molecule has 0 aliphatic heterocycles. The molecule has 0 nitrogen and oxygen atoms in total. The van der Waals surface area contributed by atoms with E-state index in [1.165, 1.54) is 12.1 Å². The van der Waals surface area contributed by atoms with Crippen molar-refractivity contribution < 1.29 is 57.1 Å². The quantitative estimate of drug-likeness (QED) is 0.362. The van der Waals surface area contributed by atoms with Gasteiger partial charge in [-0.1, -0.05) is 34.1 Å². The van der Waals surface area contributed by atoms with Gasteiger partial charge < -0.3 is 0 Å². The molecule has 0 bridgehead atoms. The number of benzene rings is 1. The highest BCUT2D eigenvalue weighted by molar-refractivity contribution is 9.10. The van der Waals surface area contributed by atoms with Crippen LogP contribution in [0.15, 0.2) is 34.8 Å².